The lowest BCUT2D eigenvalue weighted by atomic mass is 9.86. The highest BCUT2D eigenvalue weighted by Gasteiger charge is 2.36. The Bertz CT molecular complexity index is 2400. The quantitative estimate of drug-likeness (QED) is 0.0955. The first-order valence-electron chi connectivity index (χ1n) is 21.2. The van der Waals surface area contributed by atoms with Crippen LogP contribution in [0.1, 0.15) is 84.2 Å². The van der Waals surface area contributed by atoms with Crippen LogP contribution in [0.25, 0.3) is 22.5 Å². The van der Waals surface area contributed by atoms with Crippen LogP contribution >= 0.6 is 0 Å². The van der Waals surface area contributed by atoms with Crippen molar-refractivity contribution in [1.29, 1.82) is 5.26 Å². The summed E-state index contributed by atoms with van der Waals surface area (Å²) in [6.45, 7) is 11.4. The summed E-state index contributed by atoms with van der Waals surface area (Å²) in [6, 6.07) is 15.4. The lowest BCUT2D eigenvalue weighted by Gasteiger charge is -2.32. The van der Waals surface area contributed by atoms with Crippen molar-refractivity contribution in [3.63, 3.8) is 0 Å². The maximum absolute atomic E-state index is 14.7. The summed E-state index contributed by atoms with van der Waals surface area (Å²) < 4.78 is 6.06. The first kappa shape index (κ1) is 48.3. The summed E-state index contributed by atoms with van der Waals surface area (Å²) in [5.41, 5.74) is 23.8. The van der Waals surface area contributed by atoms with Crippen LogP contribution in [0.4, 0.5) is 0 Å². The third kappa shape index (κ3) is 11.2. The third-order valence-electron chi connectivity index (χ3n) is 11.1. The minimum Gasteiger partial charge on any atom is -0.492 e. The Morgan fingerprint density at radius 1 is 0.938 bits per heavy atom. The van der Waals surface area contributed by atoms with Gasteiger partial charge in [-0.15, -0.1) is 0 Å². The number of hydrogen-bond donors (Lipinski definition) is 7. The molecule has 1 aromatic heterocycles. The van der Waals surface area contributed by atoms with E-state index in [4.69, 9.17) is 27.2 Å². The topological polar surface area (TPSA) is 274 Å². The molecule has 17 heteroatoms. The number of benzene rings is 3. The van der Waals surface area contributed by atoms with Crippen molar-refractivity contribution < 1.29 is 28.7 Å². The van der Waals surface area contributed by atoms with Crippen LogP contribution in [-0.4, -0.2) is 95.8 Å². The molecule has 4 aromatic rings. The molecule has 0 fully saturated rings. The number of carbonyl (C=O) groups excluding carboxylic acids is 5. The van der Waals surface area contributed by atoms with E-state index in [1.165, 1.54) is 18.9 Å². The molecule has 10 N–H and O–H groups in total. The van der Waals surface area contributed by atoms with Crippen LogP contribution in [-0.2, 0) is 37.6 Å². The predicted octanol–water partition coefficient (Wildman–Crippen LogP) is 2.35. The van der Waals surface area contributed by atoms with E-state index in [1.54, 1.807) is 50.2 Å². The Balaban J connectivity index is 1.55. The van der Waals surface area contributed by atoms with Gasteiger partial charge in [-0.3, -0.25) is 24.0 Å². The van der Waals surface area contributed by atoms with Gasteiger partial charge in [-0.05, 0) is 85.2 Å². The Kier molecular flexibility index (Phi) is 15.9. The number of amides is 5. The molecular weight excluding hydrogens is 815 g/mol. The number of aromatic nitrogens is 2. The molecule has 0 saturated carbocycles. The fourth-order valence-electron chi connectivity index (χ4n) is 7.62. The first-order valence-corrected chi connectivity index (χ1v) is 21.2. The molecule has 5 amide bonds. The van der Waals surface area contributed by atoms with Crippen LogP contribution in [0, 0.1) is 25.2 Å². The van der Waals surface area contributed by atoms with Crippen molar-refractivity contribution in [2.45, 2.75) is 90.5 Å². The van der Waals surface area contributed by atoms with Crippen molar-refractivity contribution in [2.75, 3.05) is 33.3 Å². The van der Waals surface area contributed by atoms with Crippen molar-refractivity contribution in [2.24, 2.45) is 17.2 Å². The summed E-state index contributed by atoms with van der Waals surface area (Å²) in [7, 11) is 1.43. The molecule has 17 nitrogen and oxygen atoms in total. The van der Waals surface area contributed by atoms with Gasteiger partial charge < -0.3 is 48.1 Å². The van der Waals surface area contributed by atoms with Gasteiger partial charge in [0.15, 0.2) is 5.82 Å². The van der Waals surface area contributed by atoms with E-state index in [-0.39, 0.29) is 56.6 Å². The molecule has 2 heterocycles. The third-order valence-corrected chi connectivity index (χ3v) is 11.1. The van der Waals surface area contributed by atoms with Crippen molar-refractivity contribution in [1.82, 2.24) is 36.1 Å². The lowest BCUT2D eigenvalue weighted by molar-refractivity contribution is -0.141. The number of hydrogen-bond acceptors (Lipinski definition) is 12. The first-order chi connectivity index (χ1) is 30.4. The number of likely N-dealkylation sites (N-methyl/N-ethyl adjacent to an activating group) is 1. The Hall–Kier alpha value is -6.74. The van der Waals surface area contributed by atoms with E-state index >= 15 is 0 Å². The predicted molar refractivity (Wildman–Crippen MR) is 242 cm³/mol. The highest BCUT2D eigenvalue weighted by molar-refractivity contribution is 6.00. The molecule has 0 unspecified atom stereocenters. The Morgan fingerprint density at radius 2 is 1.62 bits per heavy atom. The highest BCUT2D eigenvalue weighted by atomic mass is 16.5. The van der Waals surface area contributed by atoms with Gasteiger partial charge >= 0.3 is 0 Å². The van der Waals surface area contributed by atoms with E-state index in [0.717, 1.165) is 11.1 Å². The van der Waals surface area contributed by atoms with E-state index in [1.807, 2.05) is 30.3 Å². The molecule has 5 rings (SSSR count). The number of nitrogens with one attached hydrogen (secondary N) is 4. The second-order valence-corrected chi connectivity index (χ2v) is 16.8. The monoisotopic (exact) mass is 873 g/mol. The normalized spacial score (nSPS) is 16.9. The number of carbonyl (C=O) groups is 5. The summed E-state index contributed by atoms with van der Waals surface area (Å²) in [5.74, 6) is -2.38. The molecule has 0 radical (unpaired) electrons. The van der Waals surface area contributed by atoms with Crippen molar-refractivity contribution in [3.8, 4) is 34.3 Å². The molecule has 64 heavy (non-hydrogen) atoms. The van der Waals surface area contributed by atoms with Crippen LogP contribution in [0.3, 0.4) is 0 Å². The molecule has 1 aliphatic heterocycles. The number of rotatable bonds is 13. The van der Waals surface area contributed by atoms with E-state index < -0.39 is 53.7 Å². The molecule has 0 saturated heterocycles. The highest BCUT2D eigenvalue weighted by Crippen LogP contribution is 2.37. The smallest absolute Gasteiger partial charge is 0.255 e. The van der Waals surface area contributed by atoms with Gasteiger partial charge in [0.05, 0.1) is 23.0 Å². The molecule has 338 valence electrons. The van der Waals surface area contributed by atoms with Gasteiger partial charge in [0.2, 0.25) is 23.6 Å². The molecule has 0 aliphatic carbocycles. The van der Waals surface area contributed by atoms with E-state index in [0.29, 0.717) is 50.8 Å². The van der Waals surface area contributed by atoms with E-state index in [9.17, 15) is 24.0 Å². The number of ether oxygens (including phenoxy) is 1. The Morgan fingerprint density at radius 3 is 2.23 bits per heavy atom. The fraction of sp³-hybridized carbons (Fsp3) is 0.404. The largest absolute Gasteiger partial charge is 0.492 e. The number of nitrogens with two attached hydrogens (primary N) is 3. The van der Waals surface area contributed by atoms with Gasteiger partial charge in [0.25, 0.3) is 5.91 Å². The second kappa shape index (κ2) is 21.1. The van der Waals surface area contributed by atoms with Gasteiger partial charge in [-0.2, -0.15) is 5.26 Å². The molecule has 3 aromatic carbocycles. The molecule has 4 bridgehead atoms. The number of fused-ring (bicyclic) bond motifs is 5. The number of aryl methyl sites for hydroxylation is 2. The average molecular weight is 874 g/mol. The summed E-state index contributed by atoms with van der Waals surface area (Å²) in [6.07, 6.45) is 0.0425. The zero-order valence-electron chi connectivity index (χ0n) is 37.5. The summed E-state index contributed by atoms with van der Waals surface area (Å²) in [5, 5.41) is 19.9. The molecule has 1 aliphatic rings. The maximum Gasteiger partial charge on any atom is 0.255 e. The lowest BCUT2D eigenvalue weighted by Crippen LogP contribution is -2.56. The Labute approximate surface area is 373 Å². The fourth-order valence-corrected chi connectivity index (χ4v) is 7.62. The van der Waals surface area contributed by atoms with Crippen LogP contribution < -0.4 is 43.2 Å². The molecule has 4 atom stereocenters. The second-order valence-electron chi connectivity index (χ2n) is 16.8. The van der Waals surface area contributed by atoms with Crippen LogP contribution in [0.5, 0.6) is 5.75 Å². The average Bonchev–Trinajstić information content (AvgIpc) is 3.26. The standard InChI is InChI=1S/C47H59N11O6/c1-26-39(27(2)54-41(53-26)30-11-13-33(14-12-30)47(4,5)6)44(61)56-36(16-17-48)46(63)58(7)40-31-9-10-32(25-51)34(24-31)35-22-29(8-15-38(35)64-21-19-50)23-37(43(60)52-20-18-49)57-42(59)28(3)55-45(40)62/h8-15,22,24,28,36-37,40H,16-17,19-21,23,25,48,50-51H2,1-7H3,(H,52,60)(H,55,62)(H,56,61)(H,57,59)/t28-,36-,37-,40-/m0/s1. The summed E-state index contributed by atoms with van der Waals surface area (Å²) >= 11 is 0. The van der Waals surface area contributed by atoms with Gasteiger partial charge in [-0.1, -0.05) is 63.2 Å². The van der Waals surface area contributed by atoms with Crippen LogP contribution in [0.2, 0.25) is 0 Å². The van der Waals surface area contributed by atoms with Crippen molar-refractivity contribution >= 4 is 29.5 Å². The molecule has 0 spiro atoms. The zero-order valence-corrected chi connectivity index (χ0v) is 37.5. The van der Waals surface area contributed by atoms with E-state index in [2.05, 4.69) is 52.0 Å². The SMILES string of the molecule is Cc1nc(-c2ccc(C(C)(C)C)cc2)nc(C)c1C(=O)N[C@@H](CCN)C(=O)N(C)[C@@H]1C(=O)N[C@@H](C)C(=O)N[C@H](C(=O)NCC#N)Cc2ccc(OCCN)c(c2)-c2cc1ccc2CN. The van der Waals surface area contributed by atoms with Crippen molar-refractivity contribution in [3.05, 3.63) is 99.9 Å². The number of nitrogens with zero attached hydrogens (tertiary/aromatic N) is 4. The number of nitriles is 1. The van der Waals surface area contributed by atoms with Gasteiger partial charge in [0.1, 0.15) is 43.1 Å². The summed E-state index contributed by atoms with van der Waals surface area (Å²) in [4.78, 5) is 80.7. The van der Waals surface area contributed by atoms with Gasteiger partial charge in [-0.25, -0.2) is 9.97 Å². The minimum absolute atomic E-state index is 0.0108. The molecular formula is C47H59N11O6. The van der Waals surface area contributed by atoms with Crippen LogP contribution in [0.15, 0.2) is 60.7 Å². The van der Waals surface area contributed by atoms with Gasteiger partial charge in [0, 0.05) is 37.7 Å². The maximum atomic E-state index is 14.7. The minimum atomic E-state index is -1.37. The zero-order chi connectivity index (χ0) is 46.9.